The standard InChI is InChI=1S/C13H17NO2/c15-13(16)10-14(9-12-6-7-12)8-11-4-2-1-3-5-11/h1-5,12H,6-10H2,(H,15,16). The molecule has 0 amide bonds. The maximum absolute atomic E-state index is 10.8. The monoisotopic (exact) mass is 219 g/mol. The Bertz CT molecular complexity index is 346. The van der Waals surface area contributed by atoms with Gasteiger partial charge in [-0.3, -0.25) is 9.69 Å². The second-order valence-corrected chi connectivity index (χ2v) is 4.49. The molecule has 0 aliphatic heterocycles. The number of carbonyl (C=O) groups is 1. The van der Waals surface area contributed by atoms with Gasteiger partial charge in [-0.05, 0) is 24.3 Å². The van der Waals surface area contributed by atoms with E-state index >= 15 is 0 Å². The van der Waals surface area contributed by atoms with Crippen LogP contribution in [0.1, 0.15) is 18.4 Å². The first-order chi connectivity index (χ1) is 7.74. The lowest BCUT2D eigenvalue weighted by molar-refractivity contribution is -0.138. The summed E-state index contributed by atoms with van der Waals surface area (Å²) >= 11 is 0. The van der Waals surface area contributed by atoms with Gasteiger partial charge < -0.3 is 5.11 Å². The van der Waals surface area contributed by atoms with E-state index in [4.69, 9.17) is 5.11 Å². The first-order valence-electron chi connectivity index (χ1n) is 5.72. The SMILES string of the molecule is O=C(O)CN(Cc1ccccc1)CC1CC1. The molecule has 1 aromatic rings. The van der Waals surface area contributed by atoms with Crippen molar-refractivity contribution >= 4 is 5.97 Å². The topological polar surface area (TPSA) is 40.5 Å². The maximum atomic E-state index is 10.8. The highest BCUT2D eigenvalue weighted by atomic mass is 16.4. The molecule has 0 aromatic heterocycles. The Labute approximate surface area is 95.7 Å². The summed E-state index contributed by atoms with van der Waals surface area (Å²) in [7, 11) is 0. The highest BCUT2D eigenvalue weighted by molar-refractivity contribution is 5.69. The van der Waals surface area contributed by atoms with Crippen LogP contribution >= 0.6 is 0 Å². The van der Waals surface area contributed by atoms with Crippen LogP contribution in [-0.2, 0) is 11.3 Å². The Hall–Kier alpha value is -1.35. The van der Waals surface area contributed by atoms with Crippen LogP contribution in [0.5, 0.6) is 0 Å². The Kier molecular flexibility index (Phi) is 3.57. The Morgan fingerprint density at radius 2 is 2.00 bits per heavy atom. The van der Waals surface area contributed by atoms with Gasteiger partial charge in [0.05, 0.1) is 6.54 Å². The van der Waals surface area contributed by atoms with Crippen LogP contribution in [-0.4, -0.2) is 29.1 Å². The average molecular weight is 219 g/mol. The quantitative estimate of drug-likeness (QED) is 0.795. The smallest absolute Gasteiger partial charge is 0.317 e. The molecule has 1 saturated carbocycles. The predicted octanol–water partition coefficient (Wildman–Crippen LogP) is 1.98. The molecule has 16 heavy (non-hydrogen) atoms. The predicted molar refractivity (Wildman–Crippen MR) is 62.1 cm³/mol. The van der Waals surface area contributed by atoms with E-state index in [-0.39, 0.29) is 6.54 Å². The molecular formula is C13H17NO2. The summed E-state index contributed by atoms with van der Waals surface area (Å²) in [4.78, 5) is 12.8. The maximum Gasteiger partial charge on any atom is 0.317 e. The van der Waals surface area contributed by atoms with Gasteiger partial charge in [0.15, 0.2) is 0 Å². The molecule has 0 saturated heterocycles. The van der Waals surface area contributed by atoms with Crippen molar-refractivity contribution in [3.8, 4) is 0 Å². The fraction of sp³-hybridized carbons (Fsp3) is 0.462. The molecule has 0 unspecified atom stereocenters. The third-order valence-electron chi connectivity index (χ3n) is 2.82. The minimum atomic E-state index is -0.739. The van der Waals surface area contributed by atoms with Crippen LogP contribution in [0.4, 0.5) is 0 Å². The molecule has 0 heterocycles. The Morgan fingerprint density at radius 1 is 1.31 bits per heavy atom. The van der Waals surface area contributed by atoms with E-state index in [1.807, 2.05) is 35.2 Å². The van der Waals surface area contributed by atoms with Gasteiger partial charge in [0, 0.05) is 13.1 Å². The summed E-state index contributed by atoms with van der Waals surface area (Å²) < 4.78 is 0. The van der Waals surface area contributed by atoms with Crippen molar-refractivity contribution < 1.29 is 9.90 Å². The zero-order chi connectivity index (χ0) is 11.4. The molecule has 1 aliphatic carbocycles. The number of nitrogens with zero attached hydrogens (tertiary/aromatic N) is 1. The van der Waals surface area contributed by atoms with Crippen molar-refractivity contribution in [3.63, 3.8) is 0 Å². The van der Waals surface area contributed by atoms with E-state index in [1.54, 1.807) is 0 Å². The van der Waals surface area contributed by atoms with Crippen LogP contribution in [0, 0.1) is 5.92 Å². The minimum Gasteiger partial charge on any atom is -0.480 e. The number of carboxylic acid groups (broad SMARTS) is 1. The molecule has 3 nitrogen and oxygen atoms in total. The normalized spacial score (nSPS) is 15.3. The lowest BCUT2D eigenvalue weighted by Crippen LogP contribution is -2.31. The lowest BCUT2D eigenvalue weighted by atomic mass is 10.2. The van der Waals surface area contributed by atoms with Crippen molar-refractivity contribution in [2.45, 2.75) is 19.4 Å². The van der Waals surface area contributed by atoms with E-state index in [1.165, 1.54) is 18.4 Å². The van der Waals surface area contributed by atoms with E-state index in [0.717, 1.165) is 19.0 Å². The van der Waals surface area contributed by atoms with Gasteiger partial charge in [-0.1, -0.05) is 30.3 Å². The number of benzene rings is 1. The van der Waals surface area contributed by atoms with E-state index in [2.05, 4.69) is 0 Å². The van der Waals surface area contributed by atoms with Gasteiger partial charge in [-0.25, -0.2) is 0 Å². The molecule has 0 radical (unpaired) electrons. The second-order valence-electron chi connectivity index (χ2n) is 4.49. The van der Waals surface area contributed by atoms with Crippen LogP contribution in [0.2, 0.25) is 0 Å². The number of carboxylic acids is 1. The van der Waals surface area contributed by atoms with Crippen LogP contribution < -0.4 is 0 Å². The van der Waals surface area contributed by atoms with Gasteiger partial charge in [0.1, 0.15) is 0 Å². The number of aliphatic carboxylic acids is 1. The zero-order valence-corrected chi connectivity index (χ0v) is 9.30. The third kappa shape index (κ3) is 3.66. The molecule has 86 valence electrons. The Balaban J connectivity index is 1.92. The van der Waals surface area contributed by atoms with Gasteiger partial charge in [0.2, 0.25) is 0 Å². The molecule has 1 aromatic carbocycles. The van der Waals surface area contributed by atoms with E-state index in [9.17, 15) is 4.79 Å². The van der Waals surface area contributed by atoms with Crippen molar-refractivity contribution in [1.29, 1.82) is 0 Å². The largest absolute Gasteiger partial charge is 0.480 e. The molecule has 3 heteroatoms. The van der Waals surface area contributed by atoms with E-state index in [0.29, 0.717) is 0 Å². The summed E-state index contributed by atoms with van der Waals surface area (Å²) in [6, 6.07) is 10.0. The molecule has 1 fully saturated rings. The van der Waals surface area contributed by atoms with Gasteiger partial charge in [0.25, 0.3) is 0 Å². The van der Waals surface area contributed by atoms with Gasteiger partial charge in [-0.2, -0.15) is 0 Å². The van der Waals surface area contributed by atoms with Crippen LogP contribution in [0.25, 0.3) is 0 Å². The van der Waals surface area contributed by atoms with Crippen molar-refractivity contribution in [1.82, 2.24) is 4.90 Å². The fourth-order valence-electron chi connectivity index (χ4n) is 1.88. The summed E-state index contributed by atoms with van der Waals surface area (Å²) in [5.74, 6) is -0.0142. The molecular weight excluding hydrogens is 202 g/mol. The first kappa shape index (κ1) is 11.1. The lowest BCUT2D eigenvalue weighted by Gasteiger charge is -2.19. The highest BCUT2D eigenvalue weighted by Crippen LogP contribution is 2.30. The number of rotatable bonds is 6. The fourth-order valence-corrected chi connectivity index (χ4v) is 1.88. The second kappa shape index (κ2) is 5.12. The molecule has 0 spiro atoms. The molecule has 1 aliphatic rings. The minimum absolute atomic E-state index is 0.144. The van der Waals surface area contributed by atoms with Crippen molar-refractivity contribution in [2.24, 2.45) is 5.92 Å². The molecule has 0 bridgehead atoms. The molecule has 2 rings (SSSR count). The summed E-state index contributed by atoms with van der Waals surface area (Å²) in [5, 5.41) is 8.85. The van der Waals surface area contributed by atoms with Crippen molar-refractivity contribution in [3.05, 3.63) is 35.9 Å². The first-order valence-corrected chi connectivity index (χ1v) is 5.72. The van der Waals surface area contributed by atoms with Crippen molar-refractivity contribution in [2.75, 3.05) is 13.1 Å². The summed E-state index contributed by atoms with van der Waals surface area (Å²) in [5.41, 5.74) is 1.18. The third-order valence-corrected chi connectivity index (χ3v) is 2.82. The van der Waals surface area contributed by atoms with Crippen LogP contribution in [0.15, 0.2) is 30.3 Å². The van der Waals surface area contributed by atoms with Gasteiger partial charge >= 0.3 is 5.97 Å². The zero-order valence-electron chi connectivity index (χ0n) is 9.30. The molecule has 1 N–H and O–H groups in total. The summed E-state index contributed by atoms with van der Waals surface area (Å²) in [6.45, 7) is 1.80. The summed E-state index contributed by atoms with van der Waals surface area (Å²) in [6.07, 6.45) is 2.51. The van der Waals surface area contributed by atoms with Gasteiger partial charge in [-0.15, -0.1) is 0 Å². The van der Waals surface area contributed by atoms with E-state index < -0.39 is 5.97 Å². The number of hydrogen-bond acceptors (Lipinski definition) is 2. The number of hydrogen-bond donors (Lipinski definition) is 1. The van der Waals surface area contributed by atoms with Crippen LogP contribution in [0.3, 0.4) is 0 Å². The highest BCUT2D eigenvalue weighted by Gasteiger charge is 2.25. The average Bonchev–Trinajstić information content (AvgIpc) is 3.02. The molecule has 0 atom stereocenters. The Morgan fingerprint density at radius 3 is 2.56 bits per heavy atom.